The quantitative estimate of drug-likeness (QED) is 0.863. The molecular weight excluding hydrogens is 286 g/mol. The van der Waals surface area contributed by atoms with E-state index in [1.165, 1.54) is 25.7 Å². The summed E-state index contributed by atoms with van der Waals surface area (Å²) in [6, 6.07) is 0.465. The fraction of sp³-hybridized carbons (Fsp3) is 0.867. The zero-order chi connectivity index (χ0) is 14.5. The molecule has 21 heavy (non-hydrogen) atoms. The van der Waals surface area contributed by atoms with Gasteiger partial charge < -0.3 is 14.6 Å². The molecule has 0 bridgehead atoms. The summed E-state index contributed by atoms with van der Waals surface area (Å²) in [7, 11) is 0. The van der Waals surface area contributed by atoms with Crippen molar-refractivity contribution >= 4 is 11.8 Å². The van der Waals surface area contributed by atoms with E-state index in [0.717, 1.165) is 42.8 Å². The Kier molecular flexibility index (Phi) is 5.55. The van der Waals surface area contributed by atoms with Crippen LogP contribution in [0.5, 0.6) is 0 Å². The van der Waals surface area contributed by atoms with Crippen LogP contribution in [-0.4, -0.2) is 40.8 Å². The van der Waals surface area contributed by atoms with E-state index in [-0.39, 0.29) is 6.10 Å². The lowest BCUT2D eigenvalue weighted by Crippen LogP contribution is -2.34. The van der Waals surface area contributed by atoms with E-state index in [0.29, 0.717) is 12.0 Å². The first-order valence-electron chi connectivity index (χ1n) is 8.14. The smallest absolute Gasteiger partial charge is 0.231 e. The summed E-state index contributed by atoms with van der Waals surface area (Å²) >= 11 is 1.90. The van der Waals surface area contributed by atoms with E-state index in [1.54, 1.807) is 0 Å². The average molecular weight is 311 g/mol. The van der Waals surface area contributed by atoms with Crippen molar-refractivity contribution in [3.05, 3.63) is 11.7 Å². The van der Waals surface area contributed by atoms with Crippen LogP contribution >= 0.6 is 11.8 Å². The molecular formula is C15H25N3O2S. The number of ether oxygens (including phenoxy) is 1. The van der Waals surface area contributed by atoms with E-state index in [2.05, 4.69) is 22.4 Å². The van der Waals surface area contributed by atoms with Crippen LogP contribution in [-0.2, 0) is 4.74 Å². The van der Waals surface area contributed by atoms with E-state index in [9.17, 15) is 0 Å². The van der Waals surface area contributed by atoms with Gasteiger partial charge in [0.15, 0.2) is 0 Å². The Morgan fingerprint density at radius 1 is 1.29 bits per heavy atom. The number of hydrogen-bond acceptors (Lipinski definition) is 6. The van der Waals surface area contributed by atoms with Crippen LogP contribution in [0.4, 0.5) is 0 Å². The van der Waals surface area contributed by atoms with Gasteiger partial charge in [-0.3, -0.25) is 0 Å². The van der Waals surface area contributed by atoms with Crippen LogP contribution < -0.4 is 5.32 Å². The van der Waals surface area contributed by atoms with Gasteiger partial charge in [0.25, 0.3) is 0 Å². The van der Waals surface area contributed by atoms with E-state index in [1.807, 2.05) is 11.8 Å². The fourth-order valence-corrected chi connectivity index (χ4v) is 4.12. The molecule has 2 fully saturated rings. The summed E-state index contributed by atoms with van der Waals surface area (Å²) in [4.78, 5) is 4.68. The lowest BCUT2D eigenvalue weighted by atomic mass is 9.94. The Morgan fingerprint density at radius 3 is 3.00 bits per heavy atom. The zero-order valence-corrected chi connectivity index (χ0v) is 13.5. The molecule has 1 aliphatic carbocycles. The van der Waals surface area contributed by atoms with Gasteiger partial charge in [0.05, 0.1) is 12.5 Å². The molecule has 3 unspecified atom stereocenters. The van der Waals surface area contributed by atoms with Crippen molar-refractivity contribution < 1.29 is 9.26 Å². The second-order valence-electron chi connectivity index (χ2n) is 5.83. The van der Waals surface area contributed by atoms with Crippen molar-refractivity contribution in [2.45, 2.75) is 57.1 Å². The summed E-state index contributed by atoms with van der Waals surface area (Å²) < 4.78 is 11.3. The zero-order valence-electron chi connectivity index (χ0n) is 12.7. The molecule has 1 saturated carbocycles. The second-order valence-corrected chi connectivity index (χ2v) is 6.98. The SMILES string of the molecule is CCNC1CCCCCC1c1nc(C2CSCCO2)no1. The third kappa shape index (κ3) is 3.79. The number of likely N-dealkylation sites (N-methyl/N-ethyl adjacent to an activating group) is 1. The van der Waals surface area contributed by atoms with Gasteiger partial charge in [-0.1, -0.05) is 31.3 Å². The van der Waals surface area contributed by atoms with Gasteiger partial charge in [0.2, 0.25) is 11.7 Å². The molecule has 1 saturated heterocycles. The van der Waals surface area contributed by atoms with Crippen molar-refractivity contribution in [1.82, 2.24) is 15.5 Å². The highest BCUT2D eigenvalue weighted by Crippen LogP contribution is 2.32. The van der Waals surface area contributed by atoms with Crippen molar-refractivity contribution in [2.24, 2.45) is 0 Å². The van der Waals surface area contributed by atoms with Crippen LogP contribution in [0.1, 0.15) is 62.8 Å². The Labute approximate surface area is 130 Å². The highest BCUT2D eigenvalue weighted by atomic mass is 32.2. The van der Waals surface area contributed by atoms with E-state index in [4.69, 9.17) is 9.26 Å². The number of nitrogens with one attached hydrogen (secondary N) is 1. The van der Waals surface area contributed by atoms with Crippen LogP contribution in [0.3, 0.4) is 0 Å². The lowest BCUT2D eigenvalue weighted by Gasteiger charge is -2.22. The Hall–Kier alpha value is -0.590. The summed E-state index contributed by atoms with van der Waals surface area (Å²) in [5, 5.41) is 7.79. The first-order valence-corrected chi connectivity index (χ1v) is 9.30. The van der Waals surface area contributed by atoms with Gasteiger partial charge in [-0.15, -0.1) is 0 Å². The van der Waals surface area contributed by atoms with Crippen molar-refractivity contribution in [3.63, 3.8) is 0 Å². The average Bonchev–Trinajstić information content (AvgIpc) is 2.90. The second kappa shape index (κ2) is 7.61. The molecule has 1 aliphatic heterocycles. The van der Waals surface area contributed by atoms with E-state index < -0.39 is 0 Å². The molecule has 0 aromatic carbocycles. The Morgan fingerprint density at radius 2 is 2.19 bits per heavy atom. The summed E-state index contributed by atoms with van der Waals surface area (Å²) in [6.45, 7) is 3.93. The minimum absolute atomic E-state index is 0.00427. The maximum Gasteiger partial charge on any atom is 0.231 e. The first kappa shape index (κ1) is 15.3. The predicted molar refractivity (Wildman–Crippen MR) is 83.6 cm³/mol. The molecule has 6 heteroatoms. The molecule has 118 valence electrons. The minimum Gasteiger partial charge on any atom is -0.368 e. The lowest BCUT2D eigenvalue weighted by molar-refractivity contribution is 0.0677. The molecule has 3 atom stereocenters. The minimum atomic E-state index is 0.00427. The molecule has 1 aromatic heterocycles. The largest absolute Gasteiger partial charge is 0.368 e. The van der Waals surface area contributed by atoms with Crippen molar-refractivity contribution in [2.75, 3.05) is 24.7 Å². The van der Waals surface area contributed by atoms with Gasteiger partial charge in [-0.2, -0.15) is 16.7 Å². The molecule has 1 N–H and O–H groups in total. The van der Waals surface area contributed by atoms with Crippen LogP contribution in [0.15, 0.2) is 4.52 Å². The number of thioether (sulfide) groups is 1. The van der Waals surface area contributed by atoms with Crippen LogP contribution in [0, 0.1) is 0 Å². The normalized spacial score (nSPS) is 31.0. The third-order valence-electron chi connectivity index (χ3n) is 4.36. The van der Waals surface area contributed by atoms with Gasteiger partial charge in [-0.05, 0) is 19.4 Å². The third-order valence-corrected chi connectivity index (χ3v) is 5.35. The molecule has 0 amide bonds. The van der Waals surface area contributed by atoms with Crippen molar-refractivity contribution in [3.8, 4) is 0 Å². The van der Waals surface area contributed by atoms with Gasteiger partial charge in [0.1, 0.15) is 6.10 Å². The summed E-state index contributed by atoms with van der Waals surface area (Å²) in [6.07, 6.45) is 6.19. The molecule has 2 heterocycles. The molecule has 5 nitrogen and oxygen atoms in total. The highest BCUT2D eigenvalue weighted by Gasteiger charge is 2.31. The molecule has 2 aliphatic rings. The number of rotatable bonds is 4. The predicted octanol–water partition coefficient (Wildman–Crippen LogP) is 2.90. The van der Waals surface area contributed by atoms with Gasteiger partial charge in [0, 0.05) is 17.5 Å². The topological polar surface area (TPSA) is 60.2 Å². The molecule has 3 rings (SSSR count). The maximum absolute atomic E-state index is 5.74. The van der Waals surface area contributed by atoms with Gasteiger partial charge >= 0.3 is 0 Å². The van der Waals surface area contributed by atoms with Crippen LogP contribution in [0.2, 0.25) is 0 Å². The summed E-state index contributed by atoms with van der Waals surface area (Å²) in [5.41, 5.74) is 0. The van der Waals surface area contributed by atoms with Crippen LogP contribution in [0.25, 0.3) is 0 Å². The summed E-state index contributed by atoms with van der Waals surface area (Å²) in [5.74, 6) is 3.88. The standard InChI is InChI=1S/C15H25N3O2S/c1-2-16-12-7-5-3-4-6-11(12)15-17-14(18-20-15)13-10-21-9-8-19-13/h11-13,16H,2-10H2,1H3. The number of hydrogen-bond donors (Lipinski definition) is 1. The number of nitrogens with zero attached hydrogens (tertiary/aromatic N) is 2. The molecule has 0 radical (unpaired) electrons. The molecule has 1 aromatic rings. The van der Waals surface area contributed by atoms with Crippen molar-refractivity contribution in [1.29, 1.82) is 0 Å². The highest BCUT2D eigenvalue weighted by molar-refractivity contribution is 7.99. The maximum atomic E-state index is 5.74. The monoisotopic (exact) mass is 311 g/mol. The van der Waals surface area contributed by atoms with E-state index >= 15 is 0 Å². The molecule has 0 spiro atoms. The van der Waals surface area contributed by atoms with Gasteiger partial charge in [-0.25, -0.2) is 0 Å². The number of aromatic nitrogens is 2. The fourth-order valence-electron chi connectivity index (χ4n) is 3.28. The first-order chi connectivity index (χ1) is 10.4. The Balaban J connectivity index is 1.72. The Bertz CT molecular complexity index is 434.